The summed E-state index contributed by atoms with van der Waals surface area (Å²) < 4.78 is 0. The van der Waals surface area contributed by atoms with Crippen LogP contribution in [0.3, 0.4) is 0 Å². The molecule has 0 aliphatic rings. The summed E-state index contributed by atoms with van der Waals surface area (Å²) in [6, 6.07) is 7.21. The topological polar surface area (TPSA) is 86.6 Å². The van der Waals surface area contributed by atoms with Crippen molar-refractivity contribution in [1.29, 1.82) is 0 Å². The van der Waals surface area contributed by atoms with Crippen LogP contribution in [0, 0.1) is 0 Å². The highest BCUT2D eigenvalue weighted by molar-refractivity contribution is 5.84. The van der Waals surface area contributed by atoms with Crippen molar-refractivity contribution in [2.24, 2.45) is 0 Å². The molecule has 3 N–H and O–H groups in total. The molecule has 1 amide bonds. The summed E-state index contributed by atoms with van der Waals surface area (Å²) in [5, 5.41) is 22.1. The second-order valence-electron chi connectivity index (χ2n) is 7.52. The summed E-state index contributed by atoms with van der Waals surface area (Å²) in [4.78, 5) is 23.5. The van der Waals surface area contributed by atoms with Gasteiger partial charge < -0.3 is 15.5 Å². The molecule has 0 radical (unpaired) electrons. The van der Waals surface area contributed by atoms with E-state index in [2.05, 4.69) is 12.2 Å². The molecule has 1 rings (SSSR count). The van der Waals surface area contributed by atoms with Gasteiger partial charge in [0.1, 0.15) is 6.10 Å². The van der Waals surface area contributed by atoms with Crippen LogP contribution in [-0.4, -0.2) is 28.1 Å². The Labute approximate surface area is 169 Å². The van der Waals surface area contributed by atoms with Gasteiger partial charge in [-0.15, -0.1) is 0 Å². The van der Waals surface area contributed by atoms with E-state index in [1.807, 2.05) is 0 Å². The molecule has 0 saturated heterocycles. The largest absolute Gasteiger partial charge is 0.480 e. The first-order valence-corrected chi connectivity index (χ1v) is 10.8. The van der Waals surface area contributed by atoms with Crippen molar-refractivity contribution in [3.8, 4) is 0 Å². The average molecular weight is 392 g/mol. The Balaban J connectivity index is 2.16. The number of nitrogens with one attached hydrogen (secondary N) is 1. The third-order valence-corrected chi connectivity index (χ3v) is 5.05. The van der Waals surface area contributed by atoms with Crippen LogP contribution in [0.5, 0.6) is 0 Å². The molecule has 5 nitrogen and oxygen atoms in total. The smallest absolute Gasteiger partial charge is 0.329 e. The molecule has 2 atom stereocenters. The Hall–Kier alpha value is -1.88. The molecule has 0 aliphatic heterocycles. The van der Waals surface area contributed by atoms with Gasteiger partial charge in [0.15, 0.2) is 6.04 Å². The number of hydrogen-bond acceptors (Lipinski definition) is 3. The van der Waals surface area contributed by atoms with Crippen LogP contribution in [0.1, 0.15) is 95.6 Å². The fourth-order valence-corrected chi connectivity index (χ4v) is 3.31. The minimum absolute atomic E-state index is 0.294. The van der Waals surface area contributed by atoms with E-state index < -0.39 is 18.1 Å². The van der Waals surface area contributed by atoms with Gasteiger partial charge in [-0.2, -0.15) is 0 Å². The lowest BCUT2D eigenvalue weighted by molar-refractivity contribution is -0.145. The number of hydrogen-bond donors (Lipinski definition) is 3. The van der Waals surface area contributed by atoms with Crippen LogP contribution in [0.25, 0.3) is 0 Å². The van der Waals surface area contributed by atoms with Gasteiger partial charge in [0.05, 0.1) is 0 Å². The number of aliphatic hydroxyl groups excluding tert-OH is 1. The maximum Gasteiger partial charge on any atom is 0.329 e. The summed E-state index contributed by atoms with van der Waals surface area (Å²) >= 11 is 0. The van der Waals surface area contributed by atoms with E-state index in [0.29, 0.717) is 12.0 Å². The van der Waals surface area contributed by atoms with E-state index in [-0.39, 0.29) is 5.91 Å². The quantitative estimate of drug-likeness (QED) is 0.346. The van der Waals surface area contributed by atoms with Crippen molar-refractivity contribution < 1.29 is 19.8 Å². The first-order valence-electron chi connectivity index (χ1n) is 10.8. The summed E-state index contributed by atoms with van der Waals surface area (Å²) in [7, 11) is 0. The molecule has 0 saturated carbocycles. The van der Waals surface area contributed by atoms with E-state index in [1.54, 1.807) is 30.3 Å². The maximum absolute atomic E-state index is 12.1. The fourth-order valence-electron chi connectivity index (χ4n) is 3.31. The van der Waals surface area contributed by atoms with Gasteiger partial charge in [-0.3, -0.25) is 4.79 Å². The SMILES string of the molecule is CCCCCCCCCCCCCC(=O)NC(C(=O)O)C(O)c1ccccc1. The molecule has 28 heavy (non-hydrogen) atoms. The second kappa shape index (κ2) is 15.1. The molecule has 1 aromatic carbocycles. The summed E-state index contributed by atoms with van der Waals surface area (Å²) in [5.74, 6) is -1.55. The van der Waals surface area contributed by atoms with Gasteiger partial charge in [0.2, 0.25) is 5.91 Å². The van der Waals surface area contributed by atoms with Gasteiger partial charge in [0.25, 0.3) is 0 Å². The predicted octanol–water partition coefficient (Wildman–Crippen LogP) is 4.99. The lowest BCUT2D eigenvalue weighted by Crippen LogP contribution is -2.44. The molecule has 5 heteroatoms. The number of amides is 1. The molecule has 0 spiro atoms. The van der Waals surface area contributed by atoms with Gasteiger partial charge in [-0.05, 0) is 12.0 Å². The van der Waals surface area contributed by atoms with Crippen molar-refractivity contribution in [2.45, 2.75) is 96.1 Å². The molecule has 2 unspecified atom stereocenters. The highest BCUT2D eigenvalue weighted by Crippen LogP contribution is 2.17. The standard InChI is InChI=1S/C23H37NO4/c1-2-3-4-5-6-7-8-9-10-11-15-18-20(25)24-21(23(27)28)22(26)19-16-13-12-14-17-19/h12-14,16-17,21-22,26H,2-11,15,18H2,1H3,(H,24,25)(H,27,28). The van der Waals surface area contributed by atoms with E-state index in [9.17, 15) is 19.8 Å². The first kappa shape index (κ1) is 24.2. The van der Waals surface area contributed by atoms with Crippen LogP contribution >= 0.6 is 0 Å². The summed E-state index contributed by atoms with van der Waals surface area (Å²) in [6.45, 7) is 2.23. The number of aliphatic carboxylic acids is 1. The van der Waals surface area contributed by atoms with Crippen LogP contribution in [0.4, 0.5) is 0 Å². The lowest BCUT2D eigenvalue weighted by atomic mass is 10.0. The van der Waals surface area contributed by atoms with Crippen LogP contribution < -0.4 is 5.32 Å². The molecule has 0 aromatic heterocycles. The van der Waals surface area contributed by atoms with Crippen molar-refractivity contribution in [1.82, 2.24) is 5.32 Å². The lowest BCUT2D eigenvalue weighted by Gasteiger charge is -2.20. The van der Waals surface area contributed by atoms with E-state index in [1.165, 1.54) is 51.4 Å². The van der Waals surface area contributed by atoms with Crippen LogP contribution in [-0.2, 0) is 9.59 Å². The van der Waals surface area contributed by atoms with Crippen molar-refractivity contribution in [3.05, 3.63) is 35.9 Å². The Morgan fingerprint density at radius 2 is 1.36 bits per heavy atom. The number of benzene rings is 1. The monoisotopic (exact) mass is 391 g/mol. The zero-order valence-electron chi connectivity index (χ0n) is 17.2. The number of unbranched alkanes of at least 4 members (excludes halogenated alkanes) is 10. The Morgan fingerprint density at radius 3 is 1.86 bits per heavy atom. The zero-order valence-corrected chi connectivity index (χ0v) is 17.2. The first-order chi connectivity index (χ1) is 13.6. The van der Waals surface area contributed by atoms with Crippen molar-refractivity contribution >= 4 is 11.9 Å². The summed E-state index contributed by atoms with van der Waals surface area (Å²) in [6.07, 6.45) is 12.2. The highest BCUT2D eigenvalue weighted by Gasteiger charge is 2.29. The Morgan fingerprint density at radius 1 is 0.857 bits per heavy atom. The number of carboxylic acids is 1. The van der Waals surface area contributed by atoms with Gasteiger partial charge >= 0.3 is 5.97 Å². The average Bonchev–Trinajstić information content (AvgIpc) is 2.70. The predicted molar refractivity (Wildman–Crippen MR) is 112 cm³/mol. The summed E-state index contributed by atoms with van der Waals surface area (Å²) in [5.41, 5.74) is 0.477. The number of carboxylic acid groups (broad SMARTS) is 1. The molecule has 158 valence electrons. The second-order valence-corrected chi connectivity index (χ2v) is 7.52. The minimum atomic E-state index is -1.33. The molecule has 0 aliphatic carbocycles. The van der Waals surface area contributed by atoms with Crippen molar-refractivity contribution in [3.63, 3.8) is 0 Å². The van der Waals surface area contributed by atoms with E-state index in [4.69, 9.17) is 0 Å². The van der Waals surface area contributed by atoms with Gasteiger partial charge in [-0.1, -0.05) is 101 Å². The van der Waals surface area contributed by atoms with Crippen LogP contribution in [0.2, 0.25) is 0 Å². The van der Waals surface area contributed by atoms with E-state index >= 15 is 0 Å². The number of rotatable bonds is 16. The van der Waals surface area contributed by atoms with E-state index in [0.717, 1.165) is 19.3 Å². The minimum Gasteiger partial charge on any atom is -0.480 e. The number of carbonyl (C=O) groups is 2. The van der Waals surface area contributed by atoms with Crippen molar-refractivity contribution in [2.75, 3.05) is 0 Å². The molecule has 0 fully saturated rings. The molecule has 1 aromatic rings. The third kappa shape index (κ3) is 10.5. The maximum atomic E-state index is 12.1. The van der Waals surface area contributed by atoms with Gasteiger partial charge in [-0.25, -0.2) is 4.79 Å². The number of aliphatic hydroxyl groups is 1. The van der Waals surface area contributed by atoms with Crippen LogP contribution in [0.15, 0.2) is 30.3 Å². The molecule has 0 heterocycles. The number of carbonyl (C=O) groups excluding carboxylic acids is 1. The highest BCUT2D eigenvalue weighted by atomic mass is 16.4. The molecular formula is C23H37NO4. The third-order valence-electron chi connectivity index (χ3n) is 5.05. The normalized spacial score (nSPS) is 13.1. The Bertz CT molecular complexity index is 547. The van der Waals surface area contributed by atoms with Gasteiger partial charge in [0, 0.05) is 6.42 Å². The molecule has 0 bridgehead atoms. The Kier molecular flexibility index (Phi) is 13.0. The zero-order chi connectivity index (χ0) is 20.6. The molecular weight excluding hydrogens is 354 g/mol. The fraction of sp³-hybridized carbons (Fsp3) is 0.652.